The monoisotopic (exact) mass is 361 g/mol. The molecule has 0 saturated carbocycles. The maximum absolute atomic E-state index is 12.4. The van der Waals surface area contributed by atoms with E-state index in [1.54, 1.807) is 26.0 Å². The van der Waals surface area contributed by atoms with E-state index in [1.165, 1.54) is 18.2 Å². The van der Waals surface area contributed by atoms with E-state index in [9.17, 15) is 9.59 Å². The smallest absolute Gasteiger partial charge is 0.411 e. The second kappa shape index (κ2) is 8.50. The number of ether oxygens (including phenoxy) is 1. The standard InChI is InChI=1S/C18H20ClN3O3/c1-11(2)25-18(24)22-16-8-13(7-14(19)9-16)17(23)21-15-5-3-4-12(6-15)10-20/h3-9,11H,10,20H2,1-2H3,(H,21,23)(H,22,24). The molecule has 0 spiro atoms. The first-order valence-corrected chi connectivity index (χ1v) is 8.13. The van der Waals surface area contributed by atoms with Gasteiger partial charge in [0.1, 0.15) is 0 Å². The third kappa shape index (κ3) is 5.77. The largest absolute Gasteiger partial charge is 0.447 e. The number of rotatable bonds is 5. The Morgan fingerprint density at radius 1 is 1.12 bits per heavy atom. The summed E-state index contributed by atoms with van der Waals surface area (Å²) < 4.78 is 5.01. The molecule has 2 aromatic rings. The van der Waals surface area contributed by atoms with Crippen LogP contribution < -0.4 is 16.4 Å². The molecule has 0 fully saturated rings. The van der Waals surface area contributed by atoms with Crippen molar-refractivity contribution in [2.45, 2.75) is 26.5 Å². The van der Waals surface area contributed by atoms with E-state index in [0.717, 1.165) is 5.56 Å². The maximum atomic E-state index is 12.4. The lowest BCUT2D eigenvalue weighted by Gasteiger charge is -2.11. The molecular formula is C18H20ClN3O3. The number of nitrogens with one attached hydrogen (secondary N) is 2. The number of amides is 2. The van der Waals surface area contributed by atoms with Gasteiger partial charge in [-0.15, -0.1) is 0 Å². The van der Waals surface area contributed by atoms with Crippen molar-refractivity contribution in [2.24, 2.45) is 5.73 Å². The summed E-state index contributed by atoms with van der Waals surface area (Å²) in [6, 6.07) is 11.8. The molecule has 2 amide bonds. The zero-order chi connectivity index (χ0) is 18.4. The summed E-state index contributed by atoms with van der Waals surface area (Å²) >= 11 is 6.05. The van der Waals surface area contributed by atoms with Gasteiger partial charge in [0.2, 0.25) is 0 Å². The molecule has 0 bridgehead atoms. The molecule has 25 heavy (non-hydrogen) atoms. The fourth-order valence-corrected chi connectivity index (χ4v) is 2.37. The molecule has 0 radical (unpaired) electrons. The van der Waals surface area contributed by atoms with Crippen molar-refractivity contribution < 1.29 is 14.3 Å². The van der Waals surface area contributed by atoms with Crippen molar-refractivity contribution in [3.8, 4) is 0 Å². The molecule has 4 N–H and O–H groups in total. The Labute approximate surface area is 151 Å². The second-order valence-electron chi connectivity index (χ2n) is 5.67. The lowest BCUT2D eigenvalue weighted by atomic mass is 10.1. The molecule has 0 aromatic heterocycles. The van der Waals surface area contributed by atoms with Crippen molar-refractivity contribution in [1.82, 2.24) is 0 Å². The molecule has 132 valence electrons. The zero-order valence-corrected chi connectivity index (χ0v) is 14.8. The van der Waals surface area contributed by atoms with Crippen molar-refractivity contribution in [3.05, 3.63) is 58.6 Å². The summed E-state index contributed by atoms with van der Waals surface area (Å²) in [5.41, 5.74) is 7.82. The van der Waals surface area contributed by atoms with Crippen LogP contribution in [-0.2, 0) is 11.3 Å². The summed E-state index contributed by atoms with van der Waals surface area (Å²) in [6.45, 7) is 3.87. The van der Waals surface area contributed by atoms with Gasteiger partial charge in [-0.3, -0.25) is 10.1 Å². The van der Waals surface area contributed by atoms with Gasteiger partial charge in [-0.2, -0.15) is 0 Å². The van der Waals surface area contributed by atoms with Crippen molar-refractivity contribution in [3.63, 3.8) is 0 Å². The van der Waals surface area contributed by atoms with Crippen LogP contribution in [-0.4, -0.2) is 18.1 Å². The van der Waals surface area contributed by atoms with Crippen molar-refractivity contribution >= 4 is 35.0 Å². The van der Waals surface area contributed by atoms with Gasteiger partial charge in [-0.25, -0.2) is 4.79 Å². The quantitative estimate of drug-likeness (QED) is 0.750. The Morgan fingerprint density at radius 3 is 2.56 bits per heavy atom. The zero-order valence-electron chi connectivity index (χ0n) is 14.0. The van der Waals surface area contributed by atoms with Gasteiger partial charge in [0.05, 0.1) is 6.10 Å². The molecular weight excluding hydrogens is 342 g/mol. The molecule has 7 heteroatoms. The average Bonchev–Trinajstić information content (AvgIpc) is 2.53. The molecule has 0 heterocycles. The fraction of sp³-hybridized carbons (Fsp3) is 0.222. The van der Waals surface area contributed by atoms with Crippen LogP contribution in [0.25, 0.3) is 0 Å². The minimum absolute atomic E-state index is 0.253. The number of hydrogen-bond donors (Lipinski definition) is 3. The van der Waals surface area contributed by atoms with Crippen LogP contribution >= 0.6 is 11.6 Å². The van der Waals surface area contributed by atoms with Gasteiger partial charge in [-0.05, 0) is 49.7 Å². The molecule has 0 saturated heterocycles. The highest BCUT2D eigenvalue weighted by Gasteiger charge is 2.12. The summed E-state index contributed by atoms with van der Waals surface area (Å²) in [5, 5.41) is 5.65. The van der Waals surface area contributed by atoms with Gasteiger partial charge >= 0.3 is 6.09 Å². The Morgan fingerprint density at radius 2 is 1.88 bits per heavy atom. The van der Waals surface area contributed by atoms with E-state index >= 15 is 0 Å². The predicted octanol–water partition coefficient (Wildman–Crippen LogP) is 4.01. The normalized spacial score (nSPS) is 10.4. The topological polar surface area (TPSA) is 93.4 Å². The van der Waals surface area contributed by atoms with E-state index in [4.69, 9.17) is 22.1 Å². The van der Waals surface area contributed by atoms with Gasteiger partial charge < -0.3 is 15.8 Å². The number of nitrogens with two attached hydrogens (primary N) is 1. The Balaban J connectivity index is 2.15. The number of anilines is 2. The van der Waals surface area contributed by atoms with Crippen LogP contribution in [0.3, 0.4) is 0 Å². The molecule has 0 aliphatic rings. The van der Waals surface area contributed by atoms with Crippen LogP contribution in [0.5, 0.6) is 0 Å². The molecule has 2 rings (SSSR count). The predicted molar refractivity (Wildman–Crippen MR) is 99.0 cm³/mol. The van der Waals surface area contributed by atoms with Gasteiger partial charge in [-0.1, -0.05) is 23.7 Å². The van der Waals surface area contributed by atoms with E-state index in [0.29, 0.717) is 28.5 Å². The Bertz CT molecular complexity index is 778. The number of benzene rings is 2. The Kier molecular flexibility index (Phi) is 6.38. The van der Waals surface area contributed by atoms with Crippen LogP contribution in [0.2, 0.25) is 5.02 Å². The molecule has 0 atom stereocenters. The molecule has 0 aliphatic carbocycles. The van der Waals surface area contributed by atoms with E-state index in [-0.39, 0.29) is 12.0 Å². The first kappa shape index (κ1) is 18.8. The van der Waals surface area contributed by atoms with Crippen LogP contribution in [0.15, 0.2) is 42.5 Å². The fourth-order valence-electron chi connectivity index (χ4n) is 2.13. The first-order chi connectivity index (χ1) is 11.9. The third-order valence-corrected chi connectivity index (χ3v) is 3.39. The SMILES string of the molecule is CC(C)OC(=O)Nc1cc(Cl)cc(C(=O)Nc2cccc(CN)c2)c1. The van der Waals surface area contributed by atoms with Crippen LogP contribution in [0.1, 0.15) is 29.8 Å². The molecule has 0 aliphatic heterocycles. The minimum Gasteiger partial charge on any atom is -0.447 e. The second-order valence-corrected chi connectivity index (χ2v) is 6.10. The summed E-state index contributed by atoms with van der Waals surface area (Å²) in [7, 11) is 0. The van der Waals surface area contributed by atoms with E-state index < -0.39 is 6.09 Å². The third-order valence-electron chi connectivity index (χ3n) is 3.17. The van der Waals surface area contributed by atoms with Gasteiger partial charge in [0.25, 0.3) is 5.91 Å². The lowest BCUT2D eigenvalue weighted by molar-refractivity contribution is 0.102. The molecule has 0 unspecified atom stereocenters. The number of carbonyl (C=O) groups excluding carboxylic acids is 2. The van der Waals surface area contributed by atoms with Gasteiger partial charge in [0.15, 0.2) is 0 Å². The molecule has 6 nitrogen and oxygen atoms in total. The van der Waals surface area contributed by atoms with E-state index in [2.05, 4.69) is 10.6 Å². The summed E-state index contributed by atoms with van der Waals surface area (Å²) in [6.07, 6.45) is -0.865. The first-order valence-electron chi connectivity index (χ1n) is 7.76. The highest BCUT2D eigenvalue weighted by molar-refractivity contribution is 6.31. The maximum Gasteiger partial charge on any atom is 0.411 e. The highest BCUT2D eigenvalue weighted by Crippen LogP contribution is 2.21. The average molecular weight is 362 g/mol. The van der Waals surface area contributed by atoms with Crippen LogP contribution in [0.4, 0.5) is 16.2 Å². The summed E-state index contributed by atoms with van der Waals surface area (Å²) in [5.74, 6) is -0.350. The minimum atomic E-state index is -0.612. The van der Waals surface area contributed by atoms with Crippen LogP contribution in [0, 0.1) is 0 Å². The summed E-state index contributed by atoms with van der Waals surface area (Å²) in [4.78, 5) is 24.1. The van der Waals surface area contributed by atoms with Gasteiger partial charge in [0, 0.05) is 28.5 Å². The Hall–Kier alpha value is -2.57. The van der Waals surface area contributed by atoms with Crippen molar-refractivity contribution in [1.29, 1.82) is 0 Å². The van der Waals surface area contributed by atoms with E-state index in [1.807, 2.05) is 12.1 Å². The van der Waals surface area contributed by atoms with Crippen molar-refractivity contribution in [2.75, 3.05) is 10.6 Å². The lowest BCUT2D eigenvalue weighted by Crippen LogP contribution is -2.18. The number of carbonyl (C=O) groups is 2. The number of hydrogen-bond acceptors (Lipinski definition) is 4. The molecule has 2 aromatic carbocycles. The number of halogens is 1. The highest BCUT2D eigenvalue weighted by atomic mass is 35.5.